The van der Waals surface area contributed by atoms with E-state index in [-0.39, 0.29) is 0 Å². The van der Waals surface area contributed by atoms with Crippen LogP contribution in [0, 0.1) is 17.6 Å². The second-order valence-electron chi connectivity index (χ2n) is 7.99. The van der Waals surface area contributed by atoms with Crippen LogP contribution in [0.25, 0.3) is 5.65 Å². The van der Waals surface area contributed by atoms with Crippen molar-refractivity contribution in [2.45, 2.75) is 31.6 Å². The van der Waals surface area contributed by atoms with E-state index in [2.05, 4.69) is 21.0 Å². The van der Waals surface area contributed by atoms with Gasteiger partial charge in [-0.3, -0.25) is 0 Å². The molecule has 5 rings (SSSR count). The Balaban J connectivity index is 1.47. The summed E-state index contributed by atoms with van der Waals surface area (Å²) in [6, 6.07) is 5.24. The minimum absolute atomic E-state index is 0.336. The highest BCUT2D eigenvalue weighted by Gasteiger charge is 2.28. The molecular weight excluding hydrogens is 374 g/mol. The summed E-state index contributed by atoms with van der Waals surface area (Å²) in [5, 5.41) is 14.4. The van der Waals surface area contributed by atoms with E-state index in [4.69, 9.17) is 4.98 Å². The maximum absolute atomic E-state index is 13.6. The Bertz CT molecular complexity index is 1000. The predicted octanol–water partition coefficient (Wildman–Crippen LogP) is 4.04. The average molecular weight is 398 g/mol. The number of piperidine rings is 1. The standard InChI is InChI=1S/C21H24F2N6/c22-15-7-16(23)9-17(8-15)27-20-10-19(25-11-13-3-5-24-6-4-13)28-21-18(14-1-2-14)12-26-29(20)21/h7-10,12-14,24,27H,1-6,11H2,(H,25,28). The Morgan fingerprint density at radius 3 is 2.52 bits per heavy atom. The second kappa shape index (κ2) is 7.59. The Hall–Kier alpha value is -2.74. The van der Waals surface area contributed by atoms with Crippen molar-refractivity contribution in [2.75, 3.05) is 30.3 Å². The summed E-state index contributed by atoms with van der Waals surface area (Å²) in [5.74, 6) is 1.23. The van der Waals surface area contributed by atoms with Crippen molar-refractivity contribution in [3.63, 3.8) is 0 Å². The van der Waals surface area contributed by atoms with Crippen molar-refractivity contribution in [2.24, 2.45) is 5.92 Å². The van der Waals surface area contributed by atoms with E-state index in [0.717, 1.165) is 68.4 Å². The van der Waals surface area contributed by atoms with Gasteiger partial charge in [-0.2, -0.15) is 9.61 Å². The van der Waals surface area contributed by atoms with Crippen LogP contribution in [0.4, 0.5) is 26.1 Å². The van der Waals surface area contributed by atoms with Crippen LogP contribution < -0.4 is 16.0 Å². The number of benzene rings is 1. The first-order valence-corrected chi connectivity index (χ1v) is 10.2. The molecule has 29 heavy (non-hydrogen) atoms. The zero-order chi connectivity index (χ0) is 19.8. The SMILES string of the molecule is Fc1cc(F)cc(Nc2cc(NCC3CCNCC3)nc3c(C4CC4)cnn23)c1. The lowest BCUT2D eigenvalue weighted by atomic mass is 9.98. The van der Waals surface area contributed by atoms with Crippen molar-refractivity contribution < 1.29 is 8.78 Å². The van der Waals surface area contributed by atoms with Gasteiger partial charge in [-0.1, -0.05) is 0 Å². The molecule has 0 amide bonds. The summed E-state index contributed by atoms with van der Waals surface area (Å²) in [7, 11) is 0. The minimum Gasteiger partial charge on any atom is -0.370 e. The summed E-state index contributed by atoms with van der Waals surface area (Å²) in [6.07, 6.45) is 6.43. The Morgan fingerprint density at radius 2 is 1.79 bits per heavy atom. The van der Waals surface area contributed by atoms with Crippen LogP contribution in [0.5, 0.6) is 0 Å². The molecule has 2 aromatic heterocycles. The van der Waals surface area contributed by atoms with Crippen molar-refractivity contribution in [1.82, 2.24) is 19.9 Å². The van der Waals surface area contributed by atoms with Crippen LogP contribution in [0.2, 0.25) is 0 Å². The molecule has 1 aliphatic heterocycles. The fourth-order valence-corrected chi connectivity index (χ4v) is 3.95. The van der Waals surface area contributed by atoms with Crippen molar-refractivity contribution in [3.05, 3.63) is 47.7 Å². The van der Waals surface area contributed by atoms with E-state index < -0.39 is 11.6 Å². The summed E-state index contributed by atoms with van der Waals surface area (Å²) >= 11 is 0. The summed E-state index contributed by atoms with van der Waals surface area (Å²) < 4.78 is 29.0. The van der Waals surface area contributed by atoms with Gasteiger partial charge in [0.15, 0.2) is 5.65 Å². The molecule has 0 bridgehead atoms. The van der Waals surface area contributed by atoms with Crippen molar-refractivity contribution in [1.29, 1.82) is 0 Å². The number of nitrogens with one attached hydrogen (secondary N) is 3. The summed E-state index contributed by atoms with van der Waals surface area (Å²) in [5.41, 5.74) is 2.26. The van der Waals surface area contributed by atoms with Crippen LogP contribution >= 0.6 is 0 Å². The van der Waals surface area contributed by atoms with Gasteiger partial charge in [-0.25, -0.2) is 13.8 Å². The van der Waals surface area contributed by atoms with Crippen LogP contribution in [0.15, 0.2) is 30.5 Å². The molecule has 0 atom stereocenters. The maximum atomic E-state index is 13.6. The zero-order valence-corrected chi connectivity index (χ0v) is 16.1. The molecule has 8 heteroatoms. The molecule has 1 saturated carbocycles. The molecule has 0 radical (unpaired) electrons. The second-order valence-corrected chi connectivity index (χ2v) is 7.99. The van der Waals surface area contributed by atoms with Gasteiger partial charge in [0.25, 0.3) is 0 Å². The molecule has 2 fully saturated rings. The molecule has 0 spiro atoms. The fraction of sp³-hybridized carbons (Fsp3) is 0.429. The van der Waals surface area contributed by atoms with Gasteiger partial charge in [0.05, 0.1) is 6.20 Å². The topological polar surface area (TPSA) is 66.3 Å². The number of aromatic nitrogens is 3. The van der Waals surface area contributed by atoms with Gasteiger partial charge in [0, 0.05) is 29.9 Å². The lowest BCUT2D eigenvalue weighted by Crippen LogP contribution is -2.31. The largest absolute Gasteiger partial charge is 0.370 e. The molecular formula is C21H24F2N6. The number of hydrogen-bond donors (Lipinski definition) is 3. The van der Waals surface area contributed by atoms with E-state index in [1.54, 1.807) is 4.52 Å². The third-order valence-corrected chi connectivity index (χ3v) is 5.68. The molecule has 1 saturated heterocycles. The van der Waals surface area contributed by atoms with Crippen LogP contribution in [0.3, 0.4) is 0 Å². The number of anilines is 3. The van der Waals surface area contributed by atoms with Crippen LogP contribution in [-0.2, 0) is 0 Å². The lowest BCUT2D eigenvalue weighted by Gasteiger charge is -2.23. The molecule has 2 aliphatic rings. The molecule has 6 nitrogen and oxygen atoms in total. The molecule has 1 aromatic carbocycles. The molecule has 3 aromatic rings. The highest BCUT2D eigenvalue weighted by atomic mass is 19.1. The molecule has 152 valence electrons. The summed E-state index contributed by atoms with van der Waals surface area (Å²) in [4.78, 5) is 4.80. The van der Waals surface area contributed by atoms with E-state index >= 15 is 0 Å². The summed E-state index contributed by atoms with van der Waals surface area (Å²) in [6.45, 7) is 2.95. The average Bonchev–Trinajstić information content (AvgIpc) is 3.45. The molecule has 3 heterocycles. The lowest BCUT2D eigenvalue weighted by molar-refractivity contribution is 0.389. The van der Waals surface area contributed by atoms with Crippen molar-refractivity contribution in [3.8, 4) is 0 Å². The van der Waals surface area contributed by atoms with Crippen LogP contribution in [0.1, 0.15) is 37.2 Å². The number of rotatable bonds is 6. The van der Waals surface area contributed by atoms with Gasteiger partial charge in [0.1, 0.15) is 23.3 Å². The fourth-order valence-electron chi connectivity index (χ4n) is 3.95. The molecule has 3 N–H and O–H groups in total. The van der Waals surface area contributed by atoms with Gasteiger partial charge in [-0.05, 0) is 62.7 Å². The number of halogens is 2. The van der Waals surface area contributed by atoms with Gasteiger partial charge < -0.3 is 16.0 Å². The van der Waals surface area contributed by atoms with Gasteiger partial charge in [-0.15, -0.1) is 0 Å². The van der Waals surface area contributed by atoms with E-state index in [9.17, 15) is 8.78 Å². The Kier molecular flexibility index (Phi) is 4.79. The van der Waals surface area contributed by atoms with E-state index in [0.29, 0.717) is 23.3 Å². The number of nitrogens with zero attached hydrogens (tertiary/aromatic N) is 3. The Labute approximate surface area is 167 Å². The highest BCUT2D eigenvalue weighted by Crippen LogP contribution is 2.42. The molecule has 1 aliphatic carbocycles. The molecule has 0 unspecified atom stereocenters. The minimum atomic E-state index is -0.624. The third-order valence-electron chi connectivity index (χ3n) is 5.68. The van der Waals surface area contributed by atoms with E-state index in [1.165, 1.54) is 12.1 Å². The van der Waals surface area contributed by atoms with E-state index in [1.807, 2.05) is 12.3 Å². The first kappa shape index (κ1) is 18.3. The quantitative estimate of drug-likeness (QED) is 0.585. The maximum Gasteiger partial charge on any atom is 0.163 e. The third kappa shape index (κ3) is 4.03. The normalized spacial score (nSPS) is 17.6. The van der Waals surface area contributed by atoms with Crippen LogP contribution in [-0.4, -0.2) is 34.2 Å². The first-order valence-electron chi connectivity index (χ1n) is 10.2. The van der Waals surface area contributed by atoms with Gasteiger partial charge >= 0.3 is 0 Å². The Morgan fingerprint density at radius 1 is 1.03 bits per heavy atom. The predicted molar refractivity (Wildman–Crippen MR) is 109 cm³/mol. The highest BCUT2D eigenvalue weighted by molar-refractivity contribution is 5.66. The first-order chi connectivity index (χ1) is 14.2. The van der Waals surface area contributed by atoms with Crippen molar-refractivity contribution >= 4 is 23.0 Å². The van der Waals surface area contributed by atoms with Gasteiger partial charge in [0.2, 0.25) is 0 Å². The zero-order valence-electron chi connectivity index (χ0n) is 16.1. The number of hydrogen-bond acceptors (Lipinski definition) is 5. The number of fused-ring (bicyclic) bond motifs is 1. The smallest absolute Gasteiger partial charge is 0.163 e. The monoisotopic (exact) mass is 398 g/mol.